The van der Waals surface area contributed by atoms with Crippen molar-refractivity contribution >= 4 is 23.2 Å². The minimum Gasteiger partial charge on any atom is -0.428 e. The molecule has 4 heterocycles. The number of carbonyl (C=O) groups is 1. The first-order chi connectivity index (χ1) is 18.0. The molecular weight excluding hydrogens is 478 g/mol. The van der Waals surface area contributed by atoms with E-state index >= 15 is 0 Å². The number of fused-ring (bicyclic) bond motifs is 1. The van der Waals surface area contributed by atoms with Crippen LogP contribution in [-0.4, -0.2) is 59.0 Å². The number of ether oxygens (including phenoxy) is 2. The average molecular weight is 518 g/mol. The lowest BCUT2D eigenvalue weighted by Crippen LogP contribution is -2.62. The van der Waals surface area contributed by atoms with Gasteiger partial charge in [-0.15, -0.1) is 10.2 Å². The zero-order valence-corrected chi connectivity index (χ0v) is 23.4. The topological polar surface area (TPSA) is 89.5 Å². The molecule has 0 unspecified atom stereocenters. The van der Waals surface area contributed by atoms with Gasteiger partial charge in [0.1, 0.15) is 5.75 Å². The van der Waals surface area contributed by atoms with E-state index in [9.17, 15) is 4.79 Å². The van der Waals surface area contributed by atoms with Gasteiger partial charge >= 0.3 is 0 Å². The fraction of sp³-hybridized carbons (Fsp3) is 0.533. The van der Waals surface area contributed by atoms with Crippen LogP contribution >= 0.6 is 0 Å². The number of pyridine rings is 1. The van der Waals surface area contributed by atoms with E-state index in [1.165, 1.54) is 5.56 Å². The second-order valence-corrected chi connectivity index (χ2v) is 12.2. The molecule has 0 atom stereocenters. The summed E-state index contributed by atoms with van der Waals surface area (Å²) < 4.78 is 11.0. The van der Waals surface area contributed by atoms with Crippen molar-refractivity contribution in [1.29, 1.82) is 0 Å². The van der Waals surface area contributed by atoms with Crippen molar-refractivity contribution in [3.8, 4) is 17.0 Å². The van der Waals surface area contributed by atoms with Gasteiger partial charge in [0.25, 0.3) is 6.47 Å². The maximum absolute atomic E-state index is 11.4. The molecule has 38 heavy (non-hydrogen) atoms. The standard InChI is InChI=1S/C30H39N5O3/c1-19-13-22(20-9-11-37-12-10-20)23-14-24(27(38-18-36)15-26(23)31-19)25-7-8-28(33-32-25)35(6)21-16-29(2,3)34-30(4,5)17-21/h7-8,13-15,18,20-21,34H,9-12,16-17H2,1-6H3. The minimum atomic E-state index is 0.0365. The Morgan fingerprint density at radius 3 is 2.39 bits per heavy atom. The van der Waals surface area contributed by atoms with Crippen LogP contribution in [0.15, 0.2) is 30.3 Å². The summed E-state index contributed by atoms with van der Waals surface area (Å²) >= 11 is 0. The van der Waals surface area contributed by atoms with Gasteiger partial charge in [0.15, 0.2) is 5.82 Å². The van der Waals surface area contributed by atoms with Crippen LogP contribution in [0.1, 0.15) is 70.6 Å². The molecule has 5 rings (SSSR count). The summed E-state index contributed by atoms with van der Waals surface area (Å²) in [7, 11) is 2.09. The maximum Gasteiger partial charge on any atom is 0.298 e. The number of nitrogens with one attached hydrogen (secondary N) is 1. The first-order valence-electron chi connectivity index (χ1n) is 13.5. The van der Waals surface area contributed by atoms with E-state index in [4.69, 9.17) is 14.5 Å². The monoisotopic (exact) mass is 517 g/mol. The highest BCUT2D eigenvalue weighted by Gasteiger charge is 2.39. The molecule has 2 fully saturated rings. The normalized spacial score (nSPS) is 19.8. The van der Waals surface area contributed by atoms with E-state index in [1.54, 1.807) is 0 Å². The smallest absolute Gasteiger partial charge is 0.298 e. The molecule has 0 spiro atoms. The molecule has 2 aromatic heterocycles. The number of hydrogen-bond donors (Lipinski definition) is 1. The lowest BCUT2D eigenvalue weighted by Gasteiger charge is -2.49. The van der Waals surface area contributed by atoms with Gasteiger partial charge in [0.05, 0.1) is 11.2 Å². The lowest BCUT2D eigenvalue weighted by molar-refractivity contribution is -0.120. The zero-order chi connectivity index (χ0) is 27.1. The summed E-state index contributed by atoms with van der Waals surface area (Å²) in [6, 6.07) is 10.4. The summed E-state index contributed by atoms with van der Waals surface area (Å²) in [5.41, 5.74) is 4.48. The highest BCUT2D eigenvalue weighted by Crippen LogP contribution is 2.39. The third-order valence-corrected chi connectivity index (χ3v) is 7.91. The van der Waals surface area contributed by atoms with Crippen LogP contribution in [0.4, 0.5) is 5.82 Å². The van der Waals surface area contributed by atoms with Gasteiger partial charge in [-0.25, -0.2) is 0 Å². The average Bonchev–Trinajstić information content (AvgIpc) is 2.86. The summed E-state index contributed by atoms with van der Waals surface area (Å²) in [6.45, 7) is 13.0. The predicted octanol–water partition coefficient (Wildman–Crippen LogP) is 5.17. The number of benzene rings is 1. The van der Waals surface area contributed by atoms with Crippen molar-refractivity contribution in [2.45, 2.75) is 83.3 Å². The van der Waals surface area contributed by atoms with Crippen LogP contribution in [0.25, 0.3) is 22.2 Å². The molecule has 8 nitrogen and oxygen atoms in total. The van der Waals surface area contributed by atoms with E-state index in [2.05, 4.69) is 67.3 Å². The number of aromatic nitrogens is 3. The van der Waals surface area contributed by atoms with Crippen LogP contribution in [0.3, 0.4) is 0 Å². The van der Waals surface area contributed by atoms with Crippen LogP contribution in [0.5, 0.6) is 5.75 Å². The Morgan fingerprint density at radius 2 is 1.76 bits per heavy atom. The van der Waals surface area contributed by atoms with Crippen molar-refractivity contribution in [2.24, 2.45) is 0 Å². The van der Waals surface area contributed by atoms with E-state index in [-0.39, 0.29) is 11.1 Å². The second-order valence-electron chi connectivity index (χ2n) is 12.2. The Kier molecular flexibility index (Phi) is 7.13. The van der Waals surface area contributed by atoms with Crippen LogP contribution in [0, 0.1) is 6.92 Å². The molecule has 8 heteroatoms. The highest BCUT2D eigenvalue weighted by molar-refractivity contribution is 5.91. The van der Waals surface area contributed by atoms with Gasteiger partial charge < -0.3 is 19.7 Å². The third kappa shape index (κ3) is 5.52. The molecular formula is C30H39N5O3. The third-order valence-electron chi connectivity index (χ3n) is 7.91. The molecule has 1 N–H and O–H groups in total. The molecule has 1 aromatic carbocycles. The summed E-state index contributed by atoms with van der Waals surface area (Å²) in [5, 5.41) is 14.0. The predicted molar refractivity (Wildman–Crippen MR) is 150 cm³/mol. The molecule has 3 aromatic rings. The molecule has 2 saturated heterocycles. The van der Waals surface area contributed by atoms with E-state index in [0.29, 0.717) is 29.9 Å². The van der Waals surface area contributed by atoms with E-state index in [0.717, 1.165) is 66.9 Å². The van der Waals surface area contributed by atoms with Gasteiger partial charge in [-0.2, -0.15) is 0 Å². The number of rotatable bonds is 6. The van der Waals surface area contributed by atoms with Crippen LogP contribution < -0.4 is 15.0 Å². The van der Waals surface area contributed by atoms with Crippen molar-refractivity contribution in [3.63, 3.8) is 0 Å². The quantitative estimate of drug-likeness (QED) is 0.448. The van der Waals surface area contributed by atoms with Gasteiger partial charge in [-0.05, 0) is 96.0 Å². The Balaban J connectivity index is 1.51. The SMILES string of the molecule is Cc1cc(C2CCOCC2)c2cc(-c3ccc(N(C)C4CC(C)(C)NC(C)(C)C4)nn3)c(OC=O)cc2n1. The molecule has 0 radical (unpaired) electrons. The number of carbonyl (C=O) groups excluding carboxylic acids is 1. The summed E-state index contributed by atoms with van der Waals surface area (Å²) in [5.74, 6) is 1.66. The molecule has 2 aliphatic rings. The summed E-state index contributed by atoms with van der Waals surface area (Å²) in [6.07, 6.45) is 3.98. The Labute approximate surface area is 225 Å². The van der Waals surface area contributed by atoms with E-state index < -0.39 is 0 Å². The Morgan fingerprint density at radius 1 is 1.05 bits per heavy atom. The van der Waals surface area contributed by atoms with Crippen molar-refractivity contribution < 1.29 is 14.3 Å². The number of nitrogens with zero attached hydrogens (tertiary/aromatic N) is 4. The number of piperidine rings is 1. The Bertz CT molecular complexity index is 1300. The zero-order valence-electron chi connectivity index (χ0n) is 23.4. The fourth-order valence-corrected chi connectivity index (χ4v) is 6.50. The summed E-state index contributed by atoms with van der Waals surface area (Å²) in [4.78, 5) is 18.4. The number of anilines is 1. The molecule has 0 amide bonds. The molecule has 0 aliphatic carbocycles. The first-order valence-corrected chi connectivity index (χ1v) is 13.5. The highest BCUT2D eigenvalue weighted by atomic mass is 16.5. The largest absolute Gasteiger partial charge is 0.428 e. The van der Waals surface area contributed by atoms with Crippen molar-refractivity contribution in [3.05, 3.63) is 41.6 Å². The first kappa shape index (κ1) is 26.5. The van der Waals surface area contributed by atoms with Gasteiger partial charge in [0.2, 0.25) is 0 Å². The van der Waals surface area contributed by atoms with Crippen molar-refractivity contribution in [2.75, 3.05) is 25.2 Å². The maximum atomic E-state index is 11.4. The lowest BCUT2D eigenvalue weighted by atomic mass is 9.79. The van der Waals surface area contributed by atoms with Gasteiger partial charge in [-0.3, -0.25) is 9.78 Å². The molecule has 0 saturated carbocycles. The van der Waals surface area contributed by atoms with Gasteiger partial charge in [0, 0.05) is 60.1 Å². The van der Waals surface area contributed by atoms with Crippen LogP contribution in [-0.2, 0) is 9.53 Å². The Hall–Kier alpha value is -3.10. The number of aryl methyl sites for hydroxylation is 1. The second kappa shape index (κ2) is 10.2. The molecule has 202 valence electrons. The fourth-order valence-electron chi connectivity index (χ4n) is 6.50. The molecule has 0 bridgehead atoms. The van der Waals surface area contributed by atoms with E-state index in [1.807, 2.05) is 25.1 Å². The minimum absolute atomic E-state index is 0.0365. The molecule has 2 aliphatic heterocycles. The number of hydrogen-bond acceptors (Lipinski definition) is 8. The van der Waals surface area contributed by atoms with Gasteiger partial charge in [-0.1, -0.05) is 0 Å². The van der Waals surface area contributed by atoms with Crippen LogP contribution in [0.2, 0.25) is 0 Å². The van der Waals surface area contributed by atoms with Crippen molar-refractivity contribution in [1.82, 2.24) is 20.5 Å².